The monoisotopic (exact) mass is 333 g/mol. The summed E-state index contributed by atoms with van der Waals surface area (Å²) in [6.07, 6.45) is 0. The van der Waals surface area contributed by atoms with Crippen molar-refractivity contribution in [3.63, 3.8) is 0 Å². The summed E-state index contributed by atoms with van der Waals surface area (Å²) < 4.78 is 5.62. The predicted molar refractivity (Wildman–Crippen MR) is 91.1 cm³/mol. The molecule has 0 unspecified atom stereocenters. The zero-order chi connectivity index (χ0) is 17.1. The molecule has 0 spiro atoms. The van der Waals surface area contributed by atoms with E-state index in [-0.39, 0.29) is 11.5 Å². The zero-order valence-corrected chi connectivity index (χ0v) is 13.3. The van der Waals surface area contributed by atoms with Crippen molar-refractivity contribution in [2.75, 3.05) is 0 Å². The van der Waals surface area contributed by atoms with Gasteiger partial charge in [0.05, 0.1) is 17.6 Å². The minimum atomic E-state index is -0.582. The van der Waals surface area contributed by atoms with Crippen LogP contribution in [0.2, 0.25) is 5.02 Å². The van der Waals surface area contributed by atoms with Crippen LogP contribution in [0.15, 0.2) is 71.6 Å². The number of nitrogens with two attached hydrogens (primary N) is 1. The number of halogens is 1. The minimum absolute atomic E-state index is 0.00954. The summed E-state index contributed by atoms with van der Waals surface area (Å²) in [6, 6.07) is 20.5. The van der Waals surface area contributed by atoms with Gasteiger partial charge in [0.15, 0.2) is 5.76 Å². The van der Waals surface area contributed by atoms with Crippen LogP contribution in [-0.2, 0) is 4.74 Å². The van der Waals surface area contributed by atoms with E-state index in [2.05, 4.69) is 12.1 Å². The van der Waals surface area contributed by atoms with Gasteiger partial charge in [-0.05, 0) is 17.7 Å². The van der Waals surface area contributed by atoms with Gasteiger partial charge in [-0.15, -0.1) is 0 Å². The van der Waals surface area contributed by atoms with Crippen LogP contribution in [0.3, 0.4) is 0 Å². The topological polar surface area (TPSA) is 82.8 Å². The molecular formula is C19H12ClN3O. The zero-order valence-electron chi connectivity index (χ0n) is 12.5. The minimum Gasteiger partial charge on any atom is -0.439 e. The Hall–Kier alpha value is -3.21. The molecule has 2 aromatic rings. The number of benzene rings is 2. The molecule has 0 bridgehead atoms. The molecule has 0 saturated carbocycles. The molecule has 2 aromatic carbocycles. The van der Waals surface area contributed by atoms with E-state index >= 15 is 0 Å². The van der Waals surface area contributed by atoms with Crippen molar-refractivity contribution >= 4 is 17.4 Å². The Morgan fingerprint density at radius 2 is 1.54 bits per heavy atom. The number of nitriles is 2. The molecule has 0 amide bonds. The van der Waals surface area contributed by atoms with Gasteiger partial charge in [0, 0.05) is 10.6 Å². The van der Waals surface area contributed by atoms with Crippen molar-refractivity contribution in [1.29, 1.82) is 10.5 Å². The first-order valence-electron chi connectivity index (χ1n) is 7.18. The molecule has 5 heteroatoms. The van der Waals surface area contributed by atoms with Gasteiger partial charge in [-0.2, -0.15) is 10.5 Å². The number of hydrogen-bond donors (Lipinski definition) is 1. The van der Waals surface area contributed by atoms with Gasteiger partial charge in [-0.3, -0.25) is 0 Å². The predicted octanol–water partition coefficient (Wildman–Crippen LogP) is 4.08. The first-order valence-corrected chi connectivity index (χ1v) is 7.56. The van der Waals surface area contributed by atoms with E-state index in [1.54, 1.807) is 24.3 Å². The van der Waals surface area contributed by atoms with Crippen LogP contribution in [0.5, 0.6) is 0 Å². The Kier molecular flexibility index (Phi) is 4.24. The van der Waals surface area contributed by atoms with E-state index in [1.165, 1.54) is 0 Å². The molecule has 1 heterocycles. The van der Waals surface area contributed by atoms with E-state index in [0.717, 1.165) is 11.1 Å². The van der Waals surface area contributed by atoms with Crippen molar-refractivity contribution in [1.82, 2.24) is 0 Å². The molecule has 3 rings (SSSR count). The quantitative estimate of drug-likeness (QED) is 0.897. The maximum atomic E-state index is 9.72. The SMILES string of the molecule is N#CC1=C(N)OC(c2ccccc2)=C(C#N)[C@@H]1c1ccc(Cl)cc1. The first-order chi connectivity index (χ1) is 11.7. The molecule has 0 saturated heterocycles. The summed E-state index contributed by atoms with van der Waals surface area (Å²) >= 11 is 5.94. The first kappa shape index (κ1) is 15.7. The van der Waals surface area contributed by atoms with Crippen LogP contribution in [0.1, 0.15) is 17.0 Å². The normalized spacial score (nSPS) is 17.0. The van der Waals surface area contributed by atoms with E-state index < -0.39 is 5.92 Å². The van der Waals surface area contributed by atoms with Crippen LogP contribution >= 0.6 is 11.6 Å². The maximum absolute atomic E-state index is 9.72. The lowest BCUT2D eigenvalue weighted by Gasteiger charge is -2.26. The Balaban J connectivity index is 2.22. The Morgan fingerprint density at radius 3 is 2.12 bits per heavy atom. The lowest BCUT2D eigenvalue weighted by Crippen LogP contribution is -2.20. The molecule has 0 radical (unpaired) electrons. The van der Waals surface area contributed by atoms with Gasteiger partial charge in [0.25, 0.3) is 0 Å². The fourth-order valence-electron chi connectivity index (χ4n) is 2.67. The number of allylic oxidation sites excluding steroid dienone is 2. The Bertz CT molecular complexity index is 916. The summed E-state index contributed by atoms with van der Waals surface area (Å²) in [5.74, 6) is -0.203. The molecule has 1 atom stereocenters. The van der Waals surface area contributed by atoms with Crippen molar-refractivity contribution in [3.05, 3.63) is 87.8 Å². The van der Waals surface area contributed by atoms with E-state index in [0.29, 0.717) is 16.4 Å². The third-order valence-electron chi connectivity index (χ3n) is 3.78. The molecule has 0 aromatic heterocycles. The van der Waals surface area contributed by atoms with Crippen LogP contribution in [0.25, 0.3) is 5.76 Å². The lowest BCUT2D eigenvalue weighted by molar-refractivity contribution is 0.357. The highest BCUT2D eigenvalue weighted by atomic mass is 35.5. The molecule has 0 fully saturated rings. The largest absolute Gasteiger partial charge is 0.439 e. The standard InChI is InChI=1S/C19H12ClN3O/c20-14-8-6-12(7-9-14)17-15(10-21)18(13-4-2-1-3-5-13)24-19(23)16(17)11-22/h1-9,17H,23H2/t17-/m0/s1. The number of rotatable bonds is 2. The van der Waals surface area contributed by atoms with Crippen LogP contribution < -0.4 is 5.73 Å². The van der Waals surface area contributed by atoms with Crippen LogP contribution in [-0.4, -0.2) is 0 Å². The molecular weight excluding hydrogens is 322 g/mol. The fourth-order valence-corrected chi connectivity index (χ4v) is 2.79. The highest BCUT2D eigenvalue weighted by Gasteiger charge is 2.33. The summed E-state index contributed by atoms with van der Waals surface area (Å²) in [6.45, 7) is 0. The van der Waals surface area contributed by atoms with Crippen LogP contribution in [0.4, 0.5) is 0 Å². The molecule has 1 aliphatic rings. The van der Waals surface area contributed by atoms with Crippen LogP contribution in [0, 0.1) is 22.7 Å². The molecule has 116 valence electrons. The molecule has 1 aliphatic heterocycles. The summed E-state index contributed by atoms with van der Waals surface area (Å²) in [7, 11) is 0. The van der Waals surface area contributed by atoms with Gasteiger partial charge >= 0.3 is 0 Å². The van der Waals surface area contributed by atoms with E-state index in [4.69, 9.17) is 22.1 Å². The molecule has 2 N–H and O–H groups in total. The average Bonchev–Trinajstić information content (AvgIpc) is 2.62. The lowest BCUT2D eigenvalue weighted by atomic mass is 9.83. The molecule has 4 nitrogen and oxygen atoms in total. The fraction of sp³-hybridized carbons (Fsp3) is 0.0526. The summed E-state index contributed by atoms with van der Waals surface area (Å²) in [5, 5.41) is 19.8. The van der Waals surface area contributed by atoms with Crippen molar-refractivity contribution in [3.8, 4) is 12.1 Å². The second-order valence-corrected chi connectivity index (χ2v) is 5.63. The van der Waals surface area contributed by atoms with Gasteiger partial charge < -0.3 is 10.5 Å². The van der Waals surface area contributed by atoms with Crippen molar-refractivity contribution in [2.45, 2.75) is 5.92 Å². The smallest absolute Gasteiger partial charge is 0.205 e. The van der Waals surface area contributed by atoms with Gasteiger partial charge in [-0.1, -0.05) is 54.1 Å². The average molecular weight is 334 g/mol. The number of ether oxygens (including phenoxy) is 1. The summed E-state index contributed by atoms with van der Waals surface area (Å²) in [4.78, 5) is 0. The second kappa shape index (κ2) is 6.50. The number of hydrogen-bond acceptors (Lipinski definition) is 4. The molecule has 0 aliphatic carbocycles. The van der Waals surface area contributed by atoms with Crippen molar-refractivity contribution < 1.29 is 4.74 Å². The highest BCUT2D eigenvalue weighted by Crippen LogP contribution is 2.41. The summed E-state index contributed by atoms with van der Waals surface area (Å²) in [5.41, 5.74) is 8.00. The third kappa shape index (κ3) is 2.72. The number of nitrogens with zero attached hydrogens (tertiary/aromatic N) is 2. The Morgan fingerprint density at radius 1 is 0.917 bits per heavy atom. The second-order valence-electron chi connectivity index (χ2n) is 5.20. The van der Waals surface area contributed by atoms with Crippen molar-refractivity contribution in [2.24, 2.45) is 5.73 Å². The van der Waals surface area contributed by atoms with Gasteiger partial charge in [0.2, 0.25) is 5.88 Å². The van der Waals surface area contributed by atoms with Gasteiger partial charge in [0.1, 0.15) is 11.6 Å². The highest BCUT2D eigenvalue weighted by molar-refractivity contribution is 6.30. The van der Waals surface area contributed by atoms with E-state index in [1.807, 2.05) is 30.3 Å². The van der Waals surface area contributed by atoms with E-state index in [9.17, 15) is 10.5 Å². The third-order valence-corrected chi connectivity index (χ3v) is 4.03. The molecule has 24 heavy (non-hydrogen) atoms. The Labute approximate surface area is 144 Å². The van der Waals surface area contributed by atoms with Gasteiger partial charge in [-0.25, -0.2) is 0 Å². The maximum Gasteiger partial charge on any atom is 0.205 e.